The molecule has 0 spiro atoms. The highest BCUT2D eigenvalue weighted by molar-refractivity contribution is 5.81. The van der Waals surface area contributed by atoms with Crippen molar-refractivity contribution >= 4 is 11.4 Å². The topological polar surface area (TPSA) is 3.24 Å². The molecule has 1 aliphatic heterocycles. The second-order valence-electron chi connectivity index (χ2n) is 7.12. The Hall–Kier alpha value is -3.06. The number of allylic oxidation sites excluding steroid dienone is 4. The van der Waals surface area contributed by atoms with Crippen molar-refractivity contribution in [2.45, 2.75) is 19.3 Å². The zero-order valence-electron chi connectivity index (χ0n) is 14.9. The van der Waals surface area contributed by atoms with Crippen LogP contribution in [-0.2, 0) is 0 Å². The zero-order valence-corrected chi connectivity index (χ0v) is 14.9. The first-order valence-electron chi connectivity index (χ1n) is 9.24. The van der Waals surface area contributed by atoms with Crippen LogP contribution in [0.2, 0.25) is 0 Å². The van der Waals surface area contributed by atoms with E-state index in [1.54, 1.807) is 0 Å². The van der Waals surface area contributed by atoms with Crippen LogP contribution in [-0.4, -0.2) is 0 Å². The average Bonchev–Trinajstić information content (AvgIpc) is 3.03. The van der Waals surface area contributed by atoms with Gasteiger partial charge in [0.1, 0.15) is 0 Å². The largest absolute Gasteiger partial charge is 0.313 e. The van der Waals surface area contributed by atoms with Crippen LogP contribution >= 0.6 is 0 Å². The number of aryl methyl sites for hydroxylation is 1. The summed E-state index contributed by atoms with van der Waals surface area (Å²) in [6.07, 6.45) is 7.81. The van der Waals surface area contributed by atoms with Crippen LogP contribution in [0.5, 0.6) is 0 Å². The van der Waals surface area contributed by atoms with Crippen LogP contribution in [0.15, 0.2) is 96.7 Å². The number of fused-ring (bicyclic) bond motifs is 3. The van der Waals surface area contributed by atoms with Gasteiger partial charge < -0.3 is 4.90 Å². The van der Waals surface area contributed by atoms with E-state index in [1.807, 2.05) is 0 Å². The van der Waals surface area contributed by atoms with E-state index in [2.05, 4.69) is 103 Å². The Morgan fingerprint density at radius 2 is 1.62 bits per heavy atom. The molecule has 2 aliphatic rings. The van der Waals surface area contributed by atoms with E-state index in [0.29, 0.717) is 5.92 Å². The lowest BCUT2D eigenvalue weighted by Gasteiger charge is -2.24. The van der Waals surface area contributed by atoms with Gasteiger partial charge in [0.05, 0.1) is 0 Å². The molecule has 1 atom stereocenters. The molecule has 0 amide bonds. The first kappa shape index (κ1) is 15.2. The highest BCUT2D eigenvalue weighted by Gasteiger charge is 2.34. The van der Waals surface area contributed by atoms with E-state index in [0.717, 1.165) is 6.42 Å². The lowest BCUT2D eigenvalue weighted by molar-refractivity contribution is 0.820. The van der Waals surface area contributed by atoms with Crippen LogP contribution in [0.3, 0.4) is 0 Å². The molecule has 0 bridgehead atoms. The molecule has 1 heteroatoms. The molecular weight excluding hydrogens is 314 g/mol. The van der Waals surface area contributed by atoms with E-state index in [4.69, 9.17) is 0 Å². The smallest absolute Gasteiger partial charge is 0.0497 e. The number of hydrogen-bond acceptors (Lipinski definition) is 1. The Morgan fingerprint density at radius 1 is 0.846 bits per heavy atom. The van der Waals surface area contributed by atoms with E-state index >= 15 is 0 Å². The fourth-order valence-electron chi connectivity index (χ4n) is 4.10. The molecule has 0 N–H and O–H groups in total. The van der Waals surface area contributed by atoms with Crippen LogP contribution in [0.1, 0.15) is 23.5 Å². The standard InChI is InChI=1S/C25H21N/c1-18-11-13-19(14-12-18)20-15-16-25-23(17-20)22-9-5-6-10-24(22)26(25)21-7-3-2-4-8-21/h2-8,10-17,22H,9H2,1H3. The Bertz CT molecular complexity index is 1010. The maximum atomic E-state index is 2.42. The van der Waals surface area contributed by atoms with Crippen LogP contribution in [0.4, 0.5) is 11.4 Å². The number of nitrogens with zero attached hydrogens (tertiary/aromatic N) is 1. The lowest BCUT2D eigenvalue weighted by Crippen LogP contribution is -2.14. The quantitative estimate of drug-likeness (QED) is 0.501. The number of rotatable bonds is 2. The monoisotopic (exact) mass is 335 g/mol. The molecule has 0 saturated carbocycles. The van der Waals surface area contributed by atoms with Gasteiger partial charge in [0.2, 0.25) is 0 Å². The fourth-order valence-corrected chi connectivity index (χ4v) is 4.10. The van der Waals surface area contributed by atoms with Crippen molar-refractivity contribution in [1.29, 1.82) is 0 Å². The van der Waals surface area contributed by atoms with Gasteiger partial charge in [0.25, 0.3) is 0 Å². The predicted octanol–water partition coefficient (Wildman–Crippen LogP) is 6.74. The molecule has 0 fully saturated rings. The molecule has 1 aliphatic carbocycles. The highest BCUT2D eigenvalue weighted by atomic mass is 15.2. The van der Waals surface area contributed by atoms with Crippen molar-refractivity contribution in [2.24, 2.45) is 0 Å². The van der Waals surface area contributed by atoms with Gasteiger partial charge in [-0.15, -0.1) is 0 Å². The summed E-state index contributed by atoms with van der Waals surface area (Å²) in [4.78, 5) is 2.42. The summed E-state index contributed by atoms with van der Waals surface area (Å²) in [6.45, 7) is 2.13. The van der Waals surface area contributed by atoms with Gasteiger partial charge in [0, 0.05) is 23.0 Å². The first-order chi connectivity index (χ1) is 12.8. The molecule has 1 heterocycles. The fraction of sp³-hybridized carbons (Fsp3) is 0.120. The van der Waals surface area contributed by atoms with Gasteiger partial charge >= 0.3 is 0 Å². The number of para-hydroxylation sites is 1. The summed E-state index contributed by atoms with van der Waals surface area (Å²) in [5, 5.41) is 0. The number of anilines is 2. The summed E-state index contributed by atoms with van der Waals surface area (Å²) in [5.74, 6) is 0.445. The second kappa shape index (κ2) is 6.03. The summed E-state index contributed by atoms with van der Waals surface area (Å²) in [7, 11) is 0. The van der Waals surface area contributed by atoms with Crippen molar-refractivity contribution < 1.29 is 0 Å². The summed E-state index contributed by atoms with van der Waals surface area (Å²) in [5.41, 5.74) is 9.25. The molecule has 5 rings (SSSR count). The van der Waals surface area contributed by atoms with Gasteiger partial charge in [-0.25, -0.2) is 0 Å². The molecule has 3 aromatic rings. The Labute approximate surface area is 154 Å². The summed E-state index contributed by atoms with van der Waals surface area (Å²) >= 11 is 0. The minimum atomic E-state index is 0.445. The van der Waals surface area contributed by atoms with E-state index in [1.165, 1.54) is 39.3 Å². The van der Waals surface area contributed by atoms with Crippen molar-refractivity contribution in [3.8, 4) is 11.1 Å². The predicted molar refractivity (Wildman–Crippen MR) is 110 cm³/mol. The van der Waals surface area contributed by atoms with E-state index in [9.17, 15) is 0 Å². The molecule has 1 nitrogen and oxygen atoms in total. The Kier molecular flexibility index (Phi) is 3.53. The SMILES string of the molecule is Cc1ccc(-c2ccc3c(c2)C2CC=CC=C2N3c2ccccc2)cc1. The Balaban J connectivity index is 1.65. The third-order valence-electron chi connectivity index (χ3n) is 5.43. The van der Waals surface area contributed by atoms with Crippen molar-refractivity contribution in [2.75, 3.05) is 4.90 Å². The third kappa shape index (κ3) is 2.40. The minimum absolute atomic E-state index is 0.445. The van der Waals surface area contributed by atoms with Crippen LogP contribution in [0, 0.1) is 6.92 Å². The molecule has 3 aromatic carbocycles. The lowest BCUT2D eigenvalue weighted by atomic mass is 9.90. The summed E-state index contributed by atoms with van der Waals surface area (Å²) < 4.78 is 0. The van der Waals surface area contributed by atoms with Crippen molar-refractivity contribution in [3.05, 3.63) is 108 Å². The van der Waals surface area contributed by atoms with Gasteiger partial charge in [-0.2, -0.15) is 0 Å². The molecule has 126 valence electrons. The van der Waals surface area contributed by atoms with Crippen LogP contribution < -0.4 is 4.90 Å². The molecule has 0 aromatic heterocycles. The van der Waals surface area contributed by atoms with Crippen molar-refractivity contribution in [3.63, 3.8) is 0 Å². The molecule has 26 heavy (non-hydrogen) atoms. The zero-order chi connectivity index (χ0) is 17.5. The van der Waals surface area contributed by atoms with Crippen LogP contribution in [0.25, 0.3) is 11.1 Å². The molecule has 0 radical (unpaired) electrons. The van der Waals surface area contributed by atoms with Crippen molar-refractivity contribution in [1.82, 2.24) is 0 Å². The van der Waals surface area contributed by atoms with Gasteiger partial charge in [-0.3, -0.25) is 0 Å². The molecule has 1 unspecified atom stereocenters. The average molecular weight is 335 g/mol. The second-order valence-corrected chi connectivity index (χ2v) is 7.12. The number of benzene rings is 3. The highest BCUT2D eigenvalue weighted by Crippen LogP contribution is 2.51. The number of hydrogen-bond donors (Lipinski definition) is 0. The molecule has 0 saturated heterocycles. The first-order valence-corrected chi connectivity index (χ1v) is 9.24. The van der Waals surface area contributed by atoms with E-state index < -0.39 is 0 Å². The van der Waals surface area contributed by atoms with Gasteiger partial charge in [-0.05, 0) is 60.4 Å². The minimum Gasteiger partial charge on any atom is -0.313 e. The van der Waals surface area contributed by atoms with Gasteiger partial charge in [0.15, 0.2) is 0 Å². The maximum absolute atomic E-state index is 2.42. The molecular formula is C25H21N. The summed E-state index contributed by atoms with van der Waals surface area (Å²) in [6, 6.07) is 26.4. The van der Waals surface area contributed by atoms with Gasteiger partial charge in [-0.1, -0.05) is 66.2 Å². The third-order valence-corrected chi connectivity index (χ3v) is 5.43. The Morgan fingerprint density at radius 3 is 2.42 bits per heavy atom. The maximum Gasteiger partial charge on any atom is 0.0497 e. The normalized spacial score (nSPS) is 17.7. The van der Waals surface area contributed by atoms with E-state index in [-0.39, 0.29) is 0 Å².